The summed E-state index contributed by atoms with van der Waals surface area (Å²) in [6.07, 6.45) is 5.47. The fourth-order valence-corrected chi connectivity index (χ4v) is 4.17. The lowest BCUT2D eigenvalue weighted by atomic mass is 9.95. The number of hydrogen-bond donors (Lipinski definition) is 1. The Morgan fingerprint density at radius 1 is 1.03 bits per heavy atom. The minimum absolute atomic E-state index is 0.0420. The van der Waals surface area contributed by atoms with Crippen molar-refractivity contribution in [2.24, 2.45) is 0 Å². The summed E-state index contributed by atoms with van der Waals surface area (Å²) in [5, 5.41) is 15.6. The van der Waals surface area contributed by atoms with Crippen molar-refractivity contribution in [2.45, 2.75) is 58.5 Å². The van der Waals surface area contributed by atoms with Crippen LogP contribution in [-0.4, -0.2) is 44.6 Å². The molecule has 0 saturated heterocycles. The Hall–Kier alpha value is -3.55. The van der Waals surface area contributed by atoms with Crippen LogP contribution in [0.2, 0.25) is 0 Å². The summed E-state index contributed by atoms with van der Waals surface area (Å²) in [7, 11) is 0. The Labute approximate surface area is 194 Å². The number of carbonyl (C=O) groups excluding carboxylic acids is 2. The molecular weight excluding hydrogens is 416 g/mol. The molecule has 0 radical (unpaired) electrons. The van der Waals surface area contributed by atoms with E-state index in [-0.39, 0.29) is 30.9 Å². The summed E-state index contributed by atoms with van der Waals surface area (Å²) in [4.78, 5) is 28.9. The highest BCUT2D eigenvalue weighted by molar-refractivity contribution is 5.99. The molecule has 1 fully saturated rings. The van der Waals surface area contributed by atoms with E-state index in [0.717, 1.165) is 42.4 Å². The van der Waals surface area contributed by atoms with Crippen LogP contribution in [-0.2, 0) is 16.1 Å². The molecule has 1 aliphatic carbocycles. The molecule has 8 heteroatoms. The third kappa shape index (κ3) is 5.83. The number of para-hydroxylation sites is 1. The summed E-state index contributed by atoms with van der Waals surface area (Å²) < 4.78 is 0. The molecule has 2 amide bonds. The van der Waals surface area contributed by atoms with Crippen molar-refractivity contribution in [1.29, 1.82) is 0 Å². The number of benzene rings is 2. The van der Waals surface area contributed by atoms with Gasteiger partial charge in [0.2, 0.25) is 11.7 Å². The normalized spacial score (nSPS) is 14.1. The Balaban J connectivity index is 1.49. The van der Waals surface area contributed by atoms with Crippen LogP contribution < -0.4 is 10.2 Å². The Bertz CT molecular complexity index is 1100. The number of carbonyl (C=O) groups is 2. The van der Waals surface area contributed by atoms with Crippen LogP contribution >= 0.6 is 0 Å². The summed E-state index contributed by atoms with van der Waals surface area (Å²) in [6, 6.07) is 15.6. The second kappa shape index (κ2) is 10.4. The lowest BCUT2D eigenvalue weighted by Crippen LogP contribution is -2.46. The average Bonchev–Trinajstić information content (AvgIpc) is 3.27. The van der Waals surface area contributed by atoms with Crippen molar-refractivity contribution in [2.75, 3.05) is 11.4 Å². The number of hydrogen-bond acceptors (Lipinski definition) is 5. The number of rotatable bonds is 7. The molecule has 4 rings (SSSR count). The SMILES string of the molecule is Cc1ccc(-c2nnn(CC(=O)N(CC(=O)NC3CCCCC3)c3ccccc3C)n2)cc1. The Morgan fingerprint density at radius 3 is 2.48 bits per heavy atom. The van der Waals surface area contributed by atoms with Gasteiger partial charge in [-0.05, 0) is 43.5 Å². The molecule has 2 aromatic carbocycles. The van der Waals surface area contributed by atoms with E-state index in [4.69, 9.17) is 0 Å². The zero-order valence-electron chi connectivity index (χ0n) is 19.2. The second-order valence-electron chi connectivity index (χ2n) is 8.68. The first kappa shape index (κ1) is 22.6. The third-order valence-electron chi connectivity index (χ3n) is 6.02. The maximum atomic E-state index is 13.3. The smallest absolute Gasteiger partial charge is 0.251 e. The number of aromatic nitrogens is 4. The number of anilines is 1. The van der Waals surface area contributed by atoms with Gasteiger partial charge in [-0.25, -0.2) is 0 Å². The predicted molar refractivity (Wildman–Crippen MR) is 127 cm³/mol. The van der Waals surface area contributed by atoms with Gasteiger partial charge in [-0.3, -0.25) is 9.59 Å². The fourth-order valence-electron chi connectivity index (χ4n) is 4.17. The predicted octanol–water partition coefficient (Wildman–Crippen LogP) is 3.44. The molecule has 3 aromatic rings. The minimum atomic E-state index is -0.268. The molecule has 0 unspecified atom stereocenters. The molecule has 0 aliphatic heterocycles. The molecule has 1 heterocycles. The molecule has 0 spiro atoms. The van der Waals surface area contributed by atoms with Crippen molar-refractivity contribution in [3.05, 3.63) is 59.7 Å². The molecule has 33 heavy (non-hydrogen) atoms. The van der Waals surface area contributed by atoms with Crippen LogP contribution in [0.25, 0.3) is 11.4 Å². The Kier molecular flexibility index (Phi) is 7.12. The average molecular weight is 447 g/mol. The van der Waals surface area contributed by atoms with Crippen molar-refractivity contribution in [3.8, 4) is 11.4 Å². The van der Waals surface area contributed by atoms with E-state index in [2.05, 4.69) is 20.7 Å². The van der Waals surface area contributed by atoms with Crippen LogP contribution in [0.4, 0.5) is 5.69 Å². The molecule has 0 bridgehead atoms. The number of tetrazole rings is 1. The van der Waals surface area contributed by atoms with Crippen molar-refractivity contribution in [3.63, 3.8) is 0 Å². The van der Waals surface area contributed by atoms with Crippen LogP contribution in [0, 0.1) is 13.8 Å². The summed E-state index contributed by atoms with van der Waals surface area (Å²) in [6.45, 7) is 3.79. The Morgan fingerprint density at radius 2 is 1.76 bits per heavy atom. The van der Waals surface area contributed by atoms with Gasteiger partial charge in [0, 0.05) is 17.3 Å². The monoisotopic (exact) mass is 446 g/mol. The van der Waals surface area contributed by atoms with E-state index in [1.165, 1.54) is 16.1 Å². The first-order valence-electron chi connectivity index (χ1n) is 11.5. The van der Waals surface area contributed by atoms with Crippen LogP contribution in [0.5, 0.6) is 0 Å². The minimum Gasteiger partial charge on any atom is -0.352 e. The number of nitrogens with zero attached hydrogens (tertiary/aromatic N) is 5. The van der Waals surface area contributed by atoms with Gasteiger partial charge in [-0.2, -0.15) is 4.80 Å². The highest BCUT2D eigenvalue weighted by Gasteiger charge is 2.24. The van der Waals surface area contributed by atoms with Crippen molar-refractivity contribution in [1.82, 2.24) is 25.5 Å². The van der Waals surface area contributed by atoms with Gasteiger partial charge in [0.05, 0.1) is 0 Å². The van der Waals surface area contributed by atoms with E-state index in [1.807, 2.05) is 62.4 Å². The quantitative estimate of drug-likeness (QED) is 0.600. The molecule has 172 valence electrons. The zero-order valence-corrected chi connectivity index (χ0v) is 19.2. The maximum absolute atomic E-state index is 13.3. The van der Waals surface area contributed by atoms with E-state index in [0.29, 0.717) is 11.5 Å². The lowest BCUT2D eigenvalue weighted by molar-refractivity contribution is -0.124. The number of aryl methyl sites for hydroxylation is 2. The summed E-state index contributed by atoms with van der Waals surface area (Å²) in [5.74, 6) is 0.0432. The van der Waals surface area contributed by atoms with Crippen LogP contribution in [0.15, 0.2) is 48.5 Å². The molecule has 1 aliphatic rings. The molecule has 1 saturated carbocycles. The maximum Gasteiger partial charge on any atom is 0.251 e. The van der Waals surface area contributed by atoms with Gasteiger partial charge < -0.3 is 10.2 Å². The van der Waals surface area contributed by atoms with E-state index >= 15 is 0 Å². The van der Waals surface area contributed by atoms with Crippen LogP contribution in [0.3, 0.4) is 0 Å². The van der Waals surface area contributed by atoms with Crippen molar-refractivity contribution >= 4 is 17.5 Å². The topological polar surface area (TPSA) is 93.0 Å². The summed E-state index contributed by atoms with van der Waals surface area (Å²) in [5.41, 5.74) is 3.60. The fraction of sp³-hybridized carbons (Fsp3) is 0.400. The molecule has 1 aromatic heterocycles. The van der Waals surface area contributed by atoms with E-state index in [1.54, 1.807) is 0 Å². The summed E-state index contributed by atoms with van der Waals surface area (Å²) >= 11 is 0. The largest absolute Gasteiger partial charge is 0.352 e. The molecule has 8 nitrogen and oxygen atoms in total. The van der Waals surface area contributed by atoms with Gasteiger partial charge in [0.25, 0.3) is 5.91 Å². The second-order valence-corrected chi connectivity index (χ2v) is 8.68. The molecule has 0 atom stereocenters. The van der Waals surface area contributed by atoms with Gasteiger partial charge in [-0.1, -0.05) is 67.3 Å². The number of amides is 2. The van der Waals surface area contributed by atoms with E-state index < -0.39 is 0 Å². The van der Waals surface area contributed by atoms with Gasteiger partial charge >= 0.3 is 0 Å². The van der Waals surface area contributed by atoms with Gasteiger partial charge in [-0.15, -0.1) is 10.2 Å². The molecular formula is C25H30N6O2. The third-order valence-corrected chi connectivity index (χ3v) is 6.02. The highest BCUT2D eigenvalue weighted by Crippen LogP contribution is 2.21. The van der Waals surface area contributed by atoms with Crippen molar-refractivity contribution < 1.29 is 9.59 Å². The van der Waals surface area contributed by atoms with Gasteiger partial charge in [0.15, 0.2) is 0 Å². The van der Waals surface area contributed by atoms with Gasteiger partial charge in [0.1, 0.15) is 13.1 Å². The van der Waals surface area contributed by atoms with E-state index in [9.17, 15) is 9.59 Å². The highest BCUT2D eigenvalue weighted by atomic mass is 16.2. The first-order chi connectivity index (χ1) is 16.0. The first-order valence-corrected chi connectivity index (χ1v) is 11.5. The lowest BCUT2D eigenvalue weighted by Gasteiger charge is -2.27. The molecule has 1 N–H and O–H groups in total. The van der Waals surface area contributed by atoms with Crippen LogP contribution in [0.1, 0.15) is 43.2 Å². The number of nitrogens with one attached hydrogen (secondary N) is 1. The zero-order chi connectivity index (χ0) is 23.2. The standard InChI is InChI=1S/C25H30N6O2/c1-18-12-14-20(15-13-18)25-27-29-31(28-25)17-24(33)30(22-11-7-6-8-19(22)2)16-23(32)26-21-9-4-3-5-10-21/h6-8,11-15,21H,3-5,9-10,16-17H2,1-2H3,(H,26,32).